The molecule has 1 fully saturated rings. The molecule has 8 nitrogen and oxygen atoms in total. The topological polar surface area (TPSA) is 75.9 Å². The lowest BCUT2D eigenvalue weighted by Crippen LogP contribution is -2.38. The smallest absolute Gasteiger partial charge is 0.254 e. The lowest BCUT2D eigenvalue weighted by molar-refractivity contribution is 0.0827. The molecule has 1 aliphatic rings. The summed E-state index contributed by atoms with van der Waals surface area (Å²) in [6.45, 7) is 3.75. The summed E-state index contributed by atoms with van der Waals surface area (Å²) in [7, 11) is 3.45. The van der Waals surface area contributed by atoms with Crippen molar-refractivity contribution in [1.82, 2.24) is 24.5 Å². The molecule has 3 aromatic rings. The van der Waals surface area contributed by atoms with Crippen LogP contribution in [0.2, 0.25) is 0 Å². The minimum Gasteiger partial charge on any atom is -0.474 e. The van der Waals surface area contributed by atoms with Crippen molar-refractivity contribution in [3.8, 4) is 5.88 Å². The van der Waals surface area contributed by atoms with Crippen LogP contribution in [-0.2, 0) is 0 Å². The van der Waals surface area contributed by atoms with E-state index in [2.05, 4.69) is 20.0 Å². The van der Waals surface area contributed by atoms with Crippen molar-refractivity contribution in [2.24, 2.45) is 0 Å². The molecule has 1 aliphatic heterocycles. The quantitative estimate of drug-likeness (QED) is 0.685. The summed E-state index contributed by atoms with van der Waals surface area (Å²) < 4.78 is 7.84. The molecule has 27 heavy (non-hydrogen) atoms. The first kappa shape index (κ1) is 17.7. The number of ether oxygens (including phenoxy) is 1. The summed E-state index contributed by atoms with van der Waals surface area (Å²) >= 11 is 1.61. The Kier molecular flexibility index (Phi) is 4.69. The maximum absolute atomic E-state index is 11.9. The largest absolute Gasteiger partial charge is 0.474 e. The van der Waals surface area contributed by atoms with Gasteiger partial charge in [-0.05, 0) is 13.0 Å². The molecule has 0 N–H and O–H groups in total. The van der Waals surface area contributed by atoms with Crippen molar-refractivity contribution in [3.05, 3.63) is 35.8 Å². The van der Waals surface area contributed by atoms with E-state index in [0.717, 1.165) is 41.7 Å². The Balaban J connectivity index is 1.33. The van der Waals surface area contributed by atoms with E-state index in [0.29, 0.717) is 11.4 Å². The third-order valence-electron chi connectivity index (χ3n) is 4.54. The van der Waals surface area contributed by atoms with Gasteiger partial charge in [-0.2, -0.15) is 0 Å². The molecule has 1 amide bonds. The van der Waals surface area contributed by atoms with E-state index in [1.54, 1.807) is 43.8 Å². The third kappa shape index (κ3) is 3.73. The van der Waals surface area contributed by atoms with Gasteiger partial charge in [-0.1, -0.05) is 11.3 Å². The Labute approximate surface area is 161 Å². The van der Waals surface area contributed by atoms with Crippen molar-refractivity contribution < 1.29 is 9.53 Å². The van der Waals surface area contributed by atoms with Gasteiger partial charge in [0.1, 0.15) is 6.10 Å². The van der Waals surface area contributed by atoms with Gasteiger partial charge in [0.05, 0.1) is 17.5 Å². The maximum Gasteiger partial charge on any atom is 0.254 e. The fourth-order valence-corrected chi connectivity index (χ4v) is 4.08. The lowest BCUT2D eigenvalue weighted by Gasteiger charge is -2.31. The zero-order chi connectivity index (χ0) is 19.0. The Morgan fingerprint density at radius 2 is 2.07 bits per heavy atom. The van der Waals surface area contributed by atoms with Gasteiger partial charge in [0.2, 0.25) is 16.0 Å². The Morgan fingerprint density at radius 3 is 2.70 bits per heavy atom. The minimum absolute atomic E-state index is 0.0626. The number of fused-ring (bicyclic) bond motifs is 1. The number of piperidine rings is 1. The van der Waals surface area contributed by atoms with Crippen LogP contribution in [0.4, 0.5) is 5.13 Å². The van der Waals surface area contributed by atoms with E-state index < -0.39 is 0 Å². The molecule has 0 saturated carbocycles. The zero-order valence-electron chi connectivity index (χ0n) is 15.6. The van der Waals surface area contributed by atoms with Crippen LogP contribution in [0.25, 0.3) is 4.96 Å². The Morgan fingerprint density at radius 1 is 1.30 bits per heavy atom. The van der Waals surface area contributed by atoms with Crippen LogP contribution >= 0.6 is 11.3 Å². The Hall–Kier alpha value is -2.68. The number of imidazole rings is 1. The molecule has 0 aromatic carbocycles. The number of carbonyl (C=O) groups is 1. The maximum atomic E-state index is 11.9. The summed E-state index contributed by atoms with van der Waals surface area (Å²) in [4.78, 5) is 25.4. The molecule has 3 aromatic heterocycles. The number of pyridine rings is 1. The van der Waals surface area contributed by atoms with Crippen molar-refractivity contribution in [3.63, 3.8) is 0 Å². The second-order valence-electron chi connectivity index (χ2n) is 6.88. The lowest BCUT2D eigenvalue weighted by atomic mass is 10.1. The molecule has 0 spiro atoms. The molecular formula is C18H22N6O2S. The minimum atomic E-state index is -0.0626. The number of anilines is 1. The molecule has 0 bridgehead atoms. The van der Waals surface area contributed by atoms with Crippen molar-refractivity contribution in [2.75, 3.05) is 32.1 Å². The Bertz CT molecular complexity index is 909. The van der Waals surface area contributed by atoms with E-state index in [1.807, 2.05) is 17.6 Å². The van der Waals surface area contributed by atoms with E-state index in [1.165, 1.54) is 4.90 Å². The molecule has 1 saturated heterocycles. The number of rotatable bonds is 4. The average Bonchev–Trinajstić information content (AvgIpc) is 3.20. The van der Waals surface area contributed by atoms with Crippen LogP contribution in [0, 0.1) is 6.92 Å². The van der Waals surface area contributed by atoms with Gasteiger partial charge in [0.15, 0.2) is 0 Å². The predicted molar refractivity (Wildman–Crippen MR) is 104 cm³/mol. The number of amides is 1. The van der Waals surface area contributed by atoms with E-state index in [-0.39, 0.29) is 12.0 Å². The fraction of sp³-hybridized carbons (Fsp3) is 0.444. The highest BCUT2D eigenvalue weighted by atomic mass is 32.1. The van der Waals surface area contributed by atoms with Crippen LogP contribution in [0.15, 0.2) is 24.5 Å². The summed E-state index contributed by atoms with van der Waals surface area (Å²) in [5, 5.41) is 5.62. The molecule has 9 heteroatoms. The second kappa shape index (κ2) is 7.15. The van der Waals surface area contributed by atoms with Gasteiger partial charge >= 0.3 is 0 Å². The number of aromatic nitrogens is 4. The van der Waals surface area contributed by atoms with E-state index in [9.17, 15) is 4.79 Å². The van der Waals surface area contributed by atoms with Crippen molar-refractivity contribution >= 4 is 27.3 Å². The molecular weight excluding hydrogens is 364 g/mol. The van der Waals surface area contributed by atoms with Crippen LogP contribution in [0.3, 0.4) is 0 Å². The highest BCUT2D eigenvalue weighted by Crippen LogP contribution is 2.27. The zero-order valence-corrected chi connectivity index (χ0v) is 16.4. The van der Waals surface area contributed by atoms with Crippen molar-refractivity contribution in [2.45, 2.75) is 25.9 Å². The van der Waals surface area contributed by atoms with Crippen LogP contribution in [-0.4, -0.2) is 63.7 Å². The predicted octanol–water partition coefficient (Wildman–Crippen LogP) is 2.24. The standard InChI is InChI=1S/C18H22N6O2S/c1-12-11-24-17(20-12)27-18(21-24)23-8-6-14(7-9-23)26-15-5-4-13(10-19-15)16(25)22(2)3/h4-5,10-11,14H,6-9H2,1-3H3. The van der Waals surface area contributed by atoms with Crippen LogP contribution in [0.1, 0.15) is 28.9 Å². The first-order valence-electron chi connectivity index (χ1n) is 8.92. The van der Waals surface area contributed by atoms with E-state index in [4.69, 9.17) is 4.74 Å². The monoisotopic (exact) mass is 386 g/mol. The molecule has 4 rings (SSSR count). The van der Waals surface area contributed by atoms with Gasteiger partial charge in [-0.15, -0.1) is 5.10 Å². The molecule has 4 heterocycles. The number of carbonyl (C=O) groups excluding carboxylic acids is 1. The highest BCUT2D eigenvalue weighted by Gasteiger charge is 2.23. The van der Waals surface area contributed by atoms with Gasteiger partial charge in [0, 0.05) is 52.3 Å². The van der Waals surface area contributed by atoms with Gasteiger partial charge in [-0.3, -0.25) is 4.79 Å². The van der Waals surface area contributed by atoms with Gasteiger partial charge < -0.3 is 14.5 Å². The molecule has 0 radical (unpaired) electrons. The molecule has 0 aliphatic carbocycles. The third-order valence-corrected chi connectivity index (χ3v) is 5.53. The molecule has 0 atom stereocenters. The normalized spacial score (nSPS) is 15.3. The van der Waals surface area contributed by atoms with Gasteiger partial charge in [-0.25, -0.2) is 14.5 Å². The summed E-state index contributed by atoms with van der Waals surface area (Å²) in [5.41, 5.74) is 1.55. The fourth-order valence-electron chi connectivity index (χ4n) is 3.10. The SMILES string of the molecule is Cc1cn2nc(N3CCC(Oc4ccc(C(=O)N(C)C)cn4)CC3)sc2n1. The first-order chi connectivity index (χ1) is 13.0. The number of nitrogens with zero attached hydrogens (tertiary/aromatic N) is 6. The first-order valence-corrected chi connectivity index (χ1v) is 9.73. The number of hydrogen-bond donors (Lipinski definition) is 0. The summed E-state index contributed by atoms with van der Waals surface area (Å²) in [6, 6.07) is 3.52. The average molecular weight is 386 g/mol. The second-order valence-corrected chi connectivity index (χ2v) is 7.82. The molecule has 142 valence electrons. The number of hydrogen-bond acceptors (Lipinski definition) is 7. The molecule has 0 unspecified atom stereocenters. The van der Waals surface area contributed by atoms with Crippen LogP contribution < -0.4 is 9.64 Å². The van der Waals surface area contributed by atoms with Gasteiger partial charge in [0.25, 0.3) is 5.91 Å². The van der Waals surface area contributed by atoms with E-state index >= 15 is 0 Å². The summed E-state index contributed by atoms with van der Waals surface area (Å²) in [6.07, 6.45) is 5.44. The summed E-state index contributed by atoms with van der Waals surface area (Å²) in [5.74, 6) is 0.499. The highest BCUT2D eigenvalue weighted by molar-refractivity contribution is 7.20. The van der Waals surface area contributed by atoms with Crippen LogP contribution in [0.5, 0.6) is 5.88 Å². The number of aryl methyl sites for hydroxylation is 1. The van der Waals surface area contributed by atoms with Crippen molar-refractivity contribution in [1.29, 1.82) is 0 Å².